The molecule has 0 bridgehead atoms. The minimum Gasteiger partial charge on any atom is -0.481 e. The predicted molar refractivity (Wildman–Crippen MR) is 86.1 cm³/mol. The minimum absolute atomic E-state index is 0.0661. The van der Waals surface area contributed by atoms with Gasteiger partial charge in [0.15, 0.2) is 18.2 Å². The Kier molecular flexibility index (Phi) is 5.27. The van der Waals surface area contributed by atoms with Crippen molar-refractivity contribution in [1.29, 1.82) is 0 Å². The van der Waals surface area contributed by atoms with Gasteiger partial charge >= 0.3 is 0 Å². The van der Waals surface area contributed by atoms with Gasteiger partial charge in [0.05, 0.1) is 13.7 Å². The first kappa shape index (κ1) is 16.9. The van der Waals surface area contributed by atoms with E-state index < -0.39 is 5.82 Å². The maximum Gasteiger partial charge on any atom is 0.260 e. The van der Waals surface area contributed by atoms with Crippen molar-refractivity contribution in [2.45, 2.75) is 12.5 Å². The van der Waals surface area contributed by atoms with Gasteiger partial charge in [-0.05, 0) is 12.1 Å². The Balaban J connectivity index is 1.48. The first-order chi connectivity index (χ1) is 12.2. The number of rotatable bonds is 6. The van der Waals surface area contributed by atoms with Crippen LogP contribution in [-0.4, -0.2) is 53.9 Å². The topological polar surface area (TPSA) is 73.8 Å². The Bertz CT molecular complexity index is 726. The molecule has 1 aromatic carbocycles. The molecule has 1 unspecified atom stereocenters. The van der Waals surface area contributed by atoms with Crippen LogP contribution in [0.5, 0.6) is 17.5 Å². The van der Waals surface area contributed by atoms with Crippen molar-refractivity contribution in [2.75, 3.05) is 26.8 Å². The molecule has 1 saturated heterocycles. The molecule has 1 amide bonds. The van der Waals surface area contributed by atoms with Crippen LogP contribution in [0, 0.1) is 5.82 Å². The molecule has 132 valence electrons. The molecule has 2 aromatic rings. The zero-order valence-corrected chi connectivity index (χ0v) is 13.7. The quantitative estimate of drug-likeness (QED) is 0.792. The molecule has 0 spiro atoms. The summed E-state index contributed by atoms with van der Waals surface area (Å²) in [6.45, 7) is 0.761. The predicted octanol–water partition coefficient (Wildman–Crippen LogP) is 1.68. The number of nitrogens with zero attached hydrogens (tertiary/aromatic N) is 3. The third-order valence-corrected chi connectivity index (χ3v) is 3.80. The summed E-state index contributed by atoms with van der Waals surface area (Å²) in [5, 5.41) is 7.73. The molecule has 1 fully saturated rings. The van der Waals surface area contributed by atoms with Gasteiger partial charge in [0, 0.05) is 25.1 Å². The normalized spacial score (nSPS) is 16.6. The third kappa shape index (κ3) is 4.34. The van der Waals surface area contributed by atoms with Crippen LogP contribution >= 0.6 is 0 Å². The summed E-state index contributed by atoms with van der Waals surface area (Å²) in [4.78, 5) is 13.8. The lowest BCUT2D eigenvalue weighted by Crippen LogP contribution is -2.34. The Hall–Kier alpha value is -2.90. The lowest BCUT2D eigenvalue weighted by molar-refractivity contribution is -0.132. The van der Waals surface area contributed by atoms with Gasteiger partial charge in [0.1, 0.15) is 6.10 Å². The number of hydrogen-bond acceptors (Lipinski definition) is 6. The number of aromatic nitrogens is 2. The van der Waals surface area contributed by atoms with E-state index in [0.29, 0.717) is 31.3 Å². The molecular formula is C17H18FN3O4. The van der Waals surface area contributed by atoms with Gasteiger partial charge in [0.2, 0.25) is 11.8 Å². The van der Waals surface area contributed by atoms with E-state index >= 15 is 0 Å². The van der Waals surface area contributed by atoms with Crippen molar-refractivity contribution in [3.63, 3.8) is 0 Å². The summed E-state index contributed by atoms with van der Waals surface area (Å²) in [5.74, 6) is 0.145. The summed E-state index contributed by atoms with van der Waals surface area (Å²) >= 11 is 0. The molecule has 8 heteroatoms. The van der Waals surface area contributed by atoms with Gasteiger partial charge in [-0.2, -0.15) is 0 Å². The molecule has 1 aliphatic heterocycles. The van der Waals surface area contributed by atoms with Crippen molar-refractivity contribution in [2.24, 2.45) is 0 Å². The van der Waals surface area contributed by atoms with Crippen molar-refractivity contribution in [1.82, 2.24) is 15.1 Å². The standard InChI is InChI=1S/C17H18FN3O4/c1-23-15-6-7-16(20-19-15)25-12-8-9-21(10-12)17(22)11-24-14-5-3-2-4-13(14)18/h2-7,12H,8-11H2,1H3. The molecule has 0 aliphatic carbocycles. The van der Waals surface area contributed by atoms with Crippen LogP contribution in [0.15, 0.2) is 36.4 Å². The SMILES string of the molecule is COc1ccc(OC2CCN(C(=O)COc3ccccc3F)C2)nn1. The Labute approximate surface area is 144 Å². The number of likely N-dealkylation sites (tertiary alicyclic amines) is 1. The number of ether oxygens (including phenoxy) is 3. The Morgan fingerprint density at radius 1 is 1.24 bits per heavy atom. The Morgan fingerprint density at radius 2 is 2.00 bits per heavy atom. The van der Waals surface area contributed by atoms with Crippen molar-refractivity contribution in [3.8, 4) is 17.5 Å². The summed E-state index contributed by atoms with van der Waals surface area (Å²) in [7, 11) is 1.51. The van der Waals surface area contributed by atoms with E-state index in [-0.39, 0.29) is 24.4 Å². The zero-order valence-electron chi connectivity index (χ0n) is 13.7. The molecule has 1 aromatic heterocycles. The minimum atomic E-state index is -0.490. The maximum atomic E-state index is 13.5. The number of carbonyl (C=O) groups is 1. The van der Waals surface area contributed by atoms with Crippen LogP contribution in [0.2, 0.25) is 0 Å². The number of benzene rings is 1. The van der Waals surface area contributed by atoms with Gasteiger partial charge in [-0.15, -0.1) is 10.2 Å². The summed E-state index contributed by atoms with van der Waals surface area (Å²) in [6, 6.07) is 9.31. The van der Waals surface area contributed by atoms with Gasteiger partial charge in [-0.25, -0.2) is 4.39 Å². The van der Waals surface area contributed by atoms with Crippen molar-refractivity contribution in [3.05, 3.63) is 42.2 Å². The highest BCUT2D eigenvalue weighted by Crippen LogP contribution is 2.19. The first-order valence-electron chi connectivity index (χ1n) is 7.85. The first-order valence-corrected chi connectivity index (χ1v) is 7.85. The summed E-state index contributed by atoms with van der Waals surface area (Å²) < 4.78 is 29.4. The second-order valence-electron chi connectivity index (χ2n) is 5.50. The fourth-order valence-electron chi connectivity index (χ4n) is 2.49. The number of halogens is 1. The molecule has 0 N–H and O–H groups in total. The van der Waals surface area contributed by atoms with E-state index in [0.717, 1.165) is 0 Å². The summed E-state index contributed by atoms with van der Waals surface area (Å²) in [6.07, 6.45) is 0.513. The van der Waals surface area contributed by atoms with E-state index in [4.69, 9.17) is 14.2 Å². The summed E-state index contributed by atoms with van der Waals surface area (Å²) in [5.41, 5.74) is 0. The van der Waals surface area contributed by atoms with Crippen LogP contribution in [0.4, 0.5) is 4.39 Å². The lowest BCUT2D eigenvalue weighted by Gasteiger charge is -2.17. The number of amides is 1. The number of para-hydroxylation sites is 1. The lowest BCUT2D eigenvalue weighted by atomic mass is 10.3. The van der Waals surface area contributed by atoms with Crippen LogP contribution in [-0.2, 0) is 4.79 Å². The molecule has 0 saturated carbocycles. The highest BCUT2D eigenvalue weighted by molar-refractivity contribution is 5.78. The van der Waals surface area contributed by atoms with Gasteiger partial charge < -0.3 is 19.1 Å². The van der Waals surface area contributed by atoms with Gasteiger partial charge in [-0.1, -0.05) is 12.1 Å². The van der Waals surface area contributed by atoms with Crippen LogP contribution in [0.25, 0.3) is 0 Å². The van der Waals surface area contributed by atoms with Crippen LogP contribution < -0.4 is 14.2 Å². The smallest absolute Gasteiger partial charge is 0.260 e. The number of hydrogen-bond donors (Lipinski definition) is 0. The van der Waals surface area contributed by atoms with Crippen molar-refractivity contribution >= 4 is 5.91 Å². The molecule has 25 heavy (non-hydrogen) atoms. The van der Waals surface area contributed by atoms with Gasteiger partial charge in [0.25, 0.3) is 5.91 Å². The third-order valence-electron chi connectivity index (χ3n) is 3.80. The monoisotopic (exact) mass is 347 g/mol. The number of methoxy groups -OCH3 is 1. The molecule has 3 rings (SSSR count). The fraction of sp³-hybridized carbons (Fsp3) is 0.353. The highest BCUT2D eigenvalue weighted by Gasteiger charge is 2.28. The Morgan fingerprint density at radius 3 is 2.72 bits per heavy atom. The maximum absolute atomic E-state index is 13.5. The molecule has 1 atom stereocenters. The van der Waals surface area contributed by atoms with E-state index in [9.17, 15) is 9.18 Å². The second kappa shape index (κ2) is 7.78. The van der Waals surface area contributed by atoms with Crippen LogP contribution in [0.3, 0.4) is 0 Å². The van der Waals surface area contributed by atoms with E-state index in [2.05, 4.69) is 10.2 Å². The van der Waals surface area contributed by atoms with E-state index in [1.165, 1.54) is 19.2 Å². The van der Waals surface area contributed by atoms with E-state index in [1.807, 2.05) is 0 Å². The molecule has 2 heterocycles. The molecule has 7 nitrogen and oxygen atoms in total. The fourth-order valence-corrected chi connectivity index (χ4v) is 2.49. The van der Waals surface area contributed by atoms with Crippen LogP contribution in [0.1, 0.15) is 6.42 Å². The zero-order chi connectivity index (χ0) is 17.6. The second-order valence-corrected chi connectivity index (χ2v) is 5.50. The van der Waals surface area contributed by atoms with Gasteiger partial charge in [-0.3, -0.25) is 4.79 Å². The average molecular weight is 347 g/mol. The average Bonchev–Trinajstić information content (AvgIpc) is 3.10. The number of carbonyl (C=O) groups excluding carboxylic acids is 1. The molecule has 0 radical (unpaired) electrons. The van der Waals surface area contributed by atoms with E-state index in [1.54, 1.807) is 29.2 Å². The largest absolute Gasteiger partial charge is 0.481 e. The molecular weight excluding hydrogens is 329 g/mol. The van der Waals surface area contributed by atoms with Crippen molar-refractivity contribution < 1.29 is 23.4 Å². The molecule has 1 aliphatic rings. The highest BCUT2D eigenvalue weighted by atomic mass is 19.1.